The predicted octanol–water partition coefficient (Wildman–Crippen LogP) is -0.734. The Morgan fingerprint density at radius 2 is 2.06 bits per heavy atom. The van der Waals surface area contributed by atoms with E-state index >= 15 is 0 Å². The van der Waals surface area contributed by atoms with Gasteiger partial charge in [-0.3, -0.25) is 14.7 Å². The summed E-state index contributed by atoms with van der Waals surface area (Å²) < 4.78 is 1.18. The summed E-state index contributed by atoms with van der Waals surface area (Å²) in [5, 5.41) is 15.5. The van der Waals surface area contributed by atoms with Crippen molar-refractivity contribution >= 4 is 0 Å². The van der Waals surface area contributed by atoms with E-state index in [-0.39, 0.29) is 17.7 Å². The van der Waals surface area contributed by atoms with Crippen LogP contribution in [0, 0.1) is 13.8 Å². The van der Waals surface area contributed by atoms with Crippen molar-refractivity contribution in [2.45, 2.75) is 45.4 Å². The van der Waals surface area contributed by atoms with Crippen molar-refractivity contribution in [3.63, 3.8) is 0 Å². The number of aromatic amines is 1. The van der Waals surface area contributed by atoms with Gasteiger partial charge in [-0.05, 0) is 26.7 Å². The van der Waals surface area contributed by atoms with E-state index in [9.17, 15) is 14.7 Å². The Kier molecular flexibility index (Phi) is 3.68. The monoisotopic (exact) mass is 253 g/mol. The molecule has 0 aliphatic heterocycles. The van der Waals surface area contributed by atoms with E-state index < -0.39 is 6.10 Å². The van der Waals surface area contributed by atoms with Gasteiger partial charge >= 0.3 is 0 Å². The van der Waals surface area contributed by atoms with Gasteiger partial charge in [0.05, 0.1) is 12.6 Å². The van der Waals surface area contributed by atoms with Gasteiger partial charge in [-0.25, -0.2) is 4.68 Å². The molecule has 6 nitrogen and oxygen atoms in total. The fourth-order valence-electron chi connectivity index (χ4n) is 1.78. The molecular formula is C12H19N3O3. The number of nitrogens with zero attached hydrogens (tertiary/aromatic N) is 1. The summed E-state index contributed by atoms with van der Waals surface area (Å²) in [7, 11) is 0. The topological polar surface area (TPSA) is 87.1 Å². The quantitative estimate of drug-likeness (QED) is 0.645. The van der Waals surface area contributed by atoms with Crippen molar-refractivity contribution in [2.24, 2.45) is 0 Å². The van der Waals surface area contributed by atoms with Crippen LogP contribution in [0.25, 0.3) is 0 Å². The van der Waals surface area contributed by atoms with Gasteiger partial charge in [0.25, 0.3) is 11.1 Å². The molecule has 0 bridgehead atoms. The van der Waals surface area contributed by atoms with Crippen molar-refractivity contribution < 1.29 is 5.11 Å². The second-order valence-corrected chi connectivity index (χ2v) is 4.94. The van der Waals surface area contributed by atoms with Crippen molar-refractivity contribution in [3.8, 4) is 0 Å². The molecular weight excluding hydrogens is 234 g/mol. The molecule has 2 rings (SSSR count). The molecule has 3 N–H and O–H groups in total. The first-order valence-electron chi connectivity index (χ1n) is 6.21. The lowest BCUT2D eigenvalue weighted by Crippen LogP contribution is -2.39. The van der Waals surface area contributed by atoms with Crippen LogP contribution >= 0.6 is 0 Å². The van der Waals surface area contributed by atoms with Crippen LogP contribution in [0.4, 0.5) is 0 Å². The second-order valence-electron chi connectivity index (χ2n) is 4.94. The highest BCUT2D eigenvalue weighted by Gasteiger charge is 2.21. The molecule has 18 heavy (non-hydrogen) atoms. The summed E-state index contributed by atoms with van der Waals surface area (Å²) in [6.07, 6.45) is 1.61. The Morgan fingerprint density at radius 3 is 2.67 bits per heavy atom. The lowest BCUT2D eigenvalue weighted by Gasteiger charge is -2.14. The minimum absolute atomic E-state index is 0.106. The smallest absolute Gasteiger partial charge is 0.268 e. The molecule has 100 valence electrons. The van der Waals surface area contributed by atoms with E-state index in [1.165, 1.54) is 4.68 Å². The Hall–Kier alpha value is -1.40. The van der Waals surface area contributed by atoms with Crippen LogP contribution in [0.1, 0.15) is 24.0 Å². The number of rotatable bonds is 5. The van der Waals surface area contributed by atoms with Crippen molar-refractivity contribution in [1.82, 2.24) is 15.1 Å². The molecule has 1 aromatic rings. The third-order valence-electron chi connectivity index (χ3n) is 3.32. The van der Waals surface area contributed by atoms with Crippen molar-refractivity contribution in [3.05, 3.63) is 31.8 Å². The van der Waals surface area contributed by atoms with Gasteiger partial charge in [0.1, 0.15) is 0 Å². The molecule has 1 saturated carbocycles. The number of aromatic nitrogens is 2. The maximum Gasteiger partial charge on any atom is 0.268 e. The summed E-state index contributed by atoms with van der Waals surface area (Å²) in [5.74, 6) is 0. The number of hydrogen-bond donors (Lipinski definition) is 3. The maximum atomic E-state index is 11.9. The first-order valence-corrected chi connectivity index (χ1v) is 6.21. The average molecular weight is 253 g/mol. The molecule has 1 heterocycles. The number of H-pyrrole nitrogens is 1. The number of aliphatic hydroxyl groups is 1. The molecule has 0 saturated heterocycles. The first kappa shape index (κ1) is 13.0. The fourth-order valence-corrected chi connectivity index (χ4v) is 1.78. The molecule has 0 amide bonds. The Labute approximate surface area is 105 Å². The SMILES string of the molecule is Cc1c(C)c(=O)n(CC(O)CNC2CC2)[nH]c1=O. The van der Waals surface area contributed by atoms with Gasteiger partial charge in [0, 0.05) is 23.7 Å². The highest BCUT2D eigenvalue weighted by molar-refractivity contribution is 5.17. The van der Waals surface area contributed by atoms with E-state index in [2.05, 4.69) is 10.4 Å². The number of aliphatic hydroxyl groups excluding tert-OH is 1. The Balaban J connectivity index is 2.08. The first-order chi connectivity index (χ1) is 8.49. The largest absolute Gasteiger partial charge is 0.390 e. The third-order valence-corrected chi connectivity index (χ3v) is 3.32. The van der Waals surface area contributed by atoms with E-state index in [4.69, 9.17) is 0 Å². The zero-order chi connectivity index (χ0) is 13.3. The summed E-state index contributed by atoms with van der Waals surface area (Å²) in [4.78, 5) is 23.4. The zero-order valence-electron chi connectivity index (χ0n) is 10.7. The van der Waals surface area contributed by atoms with E-state index in [0.29, 0.717) is 23.7 Å². The summed E-state index contributed by atoms with van der Waals surface area (Å²) >= 11 is 0. The molecule has 0 spiro atoms. The van der Waals surface area contributed by atoms with Gasteiger partial charge in [-0.1, -0.05) is 0 Å². The second kappa shape index (κ2) is 5.07. The predicted molar refractivity (Wildman–Crippen MR) is 67.8 cm³/mol. The maximum absolute atomic E-state index is 11.9. The van der Waals surface area contributed by atoms with Gasteiger partial charge in [0.15, 0.2) is 0 Å². The lowest BCUT2D eigenvalue weighted by molar-refractivity contribution is 0.144. The molecule has 1 aliphatic carbocycles. The van der Waals surface area contributed by atoms with Gasteiger partial charge < -0.3 is 10.4 Å². The lowest BCUT2D eigenvalue weighted by atomic mass is 10.2. The van der Waals surface area contributed by atoms with E-state index in [1.54, 1.807) is 13.8 Å². The van der Waals surface area contributed by atoms with Crippen LogP contribution in [-0.2, 0) is 6.54 Å². The van der Waals surface area contributed by atoms with Crippen LogP contribution in [0.2, 0.25) is 0 Å². The van der Waals surface area contributed by atoms with Crippen LogP contribution in [-0.4, -0.2) is 33.6 Å². The Morgan fingerprint density at radius 1 is 1.39 bits per heavy atom. The van der Waals surface area contributed by atoms with Gasteiger partial charge in [-0.15, -0.1) is 0 Å². The number of nitrogens with one attached hydrogen (secondary N) is 2. The Bertz CT molecular complexity index is 542. The molecule has 0 aromatic carbocycles. The van der Waals surface area contributed by atoms with E-state index in [1.807, 2.05) is 0 Å². The molecule has 1 aliphatic rings. The third kappa shape index (κ3) is 2.88. The van der Waals surface area contributed by atoms with Gasteiger partial charge in [0.2, 0.25) is 0 Å². The van der Waals surface area contributed by atoms with Gasteiger partial charge in [-0.2, -0.15) is 0 Å². The molecule has 1 atom stereocenters. The number of hydrogen-bond acceptors (Lipinski definition) is 4. The van der Waals surface area contributed by atoms with Crippen LogP contribution in [0.5, 0.6) is 0 Å². The minimum atomic E-state index is -0.680. The van der Waals surface area contributed by atoms with Crippen molar-refractivity contribution in [1.29, 1.82) is 0 Å². The minimum Gasteiger partial charge on any atom is -0.390 e. The summed E-state index contributed by atoms with van der Waals surface area (Å²) in [5.41, 5.74) is 0.329. The van der Waals surface area contributed by atoms with Crippen LogP contribution < -0.4 is 16.4 Å². The highest BCUT2D eigenvalue weighted by Crippen LogP contribution is 2.18. The summed E-state index contributed by atoms with van der Waals surface area (Å²) in [6, 6.07) is 0.509. The molecule has 6 heteroatoms. The standard InChI is InChI=1S/C12H19N3O3/c1-7-8(2)12(18)15(14-11(7)17)6-10(16)5-13-9-3-4-9/h9-10,13,16H,3-6H2,1-2H3,(H,14,17). The average Bonchev–Trinajstić information content (AvgIpc) is 3.15. The fraction of sp³-hybridized carbons (Fsp3) is 0.667. The highest BCUT2D eigenvalue weighted by atomic mass is 16.3. The van der Waals surface area contributed by atoms with E-state index in [0.717, 1.165) is 12.8 Å². The van der Waals surface area contributed by atoms with Crippen LogP contribution in [0.3, 0.4) is 0 Å². The molecule has 1 unspecified atom stereocenters. The summed E-state index contributed by atoms with van der Waals surface area (Å²) in [6.45, 7) is 3.78. The normalized spacial score (nSPS) is 16.8. The molecule has 1 aromatic heterocycles. The molecule has 1 fully saturated rings. The van der Waals surface area contributed by atoms with Crippen LogP contribution in [0.15, 0.2) is 9.59 Å². The zero-order valence-corrected chi connectivity index (χ0v) is 10.7. The van der Waals surface area contributed by atoms with Crippen molar-refractivity contribution in [2.75, 3.05) is 6.54 Å². The molecule has 0 radical (unpaired) electrons.